The Morgan fingerprint density at radius 2 is 2.11 bits per heavy atom. The van der Waals surface area contributed by atoms with Crippen molar-refractivity contribution >= 4 is 22.4 Å². The molecule has 1 aliphatic rings. The molecule has 1 aliphatic heterocycles. The minimum atomic E-state index is 0.0303. The van der Waals surface area contributed by atoms with E-state index in [2.05, 4.69) is 22.4 Å². The number of hydrogen-bond acceptors (Lipinski definition) is 6. The van der Waals surface area contributed by atoms with E-state index >= 15 is 0 Å². The summed E-state index contributed by atoms with van der Waals surface area (Å²) in [5.41, 5.74) is 2.25. The number of nitrogens with zero attached hydrogens (tertiary/aromatic N) is 3. The molecule has 1 atom stereocenters. The van der Waals surface area contributed by atoms with Crippen LogP contribution in [0.2, 0.25) is 0 Å². The fraction of sp³-hybridized carbons (Fsp3) is 0.500. The van der Waals surface area contributed by atoms with Crippen molar-refractivity contribution in [2.24, 2.45) is 0 Å². The molecule has 27 heavy (non-hydrogen) atoms. The minimum absolute atomic E-state index is 0.0303. The summed E-state index contributed by atoms with van der Waals surface area (Å²) in [5, 5.41) is 2.84. The van der Waals surface area contributed by atoms with E-state index < -0.39 is 0 Å². The van der Waals surface area contributed by atoms with Crippen molar-refractivity contribution in [1.29, 1.82) is 0 Å². The molecule has 0 N–H and O–H groups in total. The van der Waals surface area contributed by atoms with Gasteiger partial charge in [0.25, 0.3) is 0 Å². The average molecular weight is 390 g/mol. The van der Waals surface area contributed by atoms with Gasteiger partial charge in [0.15, 0.2) is 16.6 Å². The molecule has 146 valence electrons. The summed E-state index contributed by atoms with van der Waals surface area (Å²) in [7, 11) is 3.32. The predicted molar refractivity (Wildman–Crippen MR) is 108 cm³/mol. The highest BCUT2D eigenvalue weighted by atomic mass is 32.1. The molecule has 1 aromatic heterocycles. The number of carbonyl (C=O) groups excluding carboxylic acids is 1. The van der Waals surface area contributed by atoms with Crippen molar-refractivity contribution < 1.29 is 14.3 Å². The Hall–Kier alpha value is -2.12. The highest BCUT2D eigenvalue weighted by Crippen LogP contribution is 2.37. The van der Waals surface area contributed by atoms with E-state index in [1.54, 1.807) is 26.0 Å². The van der Waals surface area contributed by atoms with E-state index in [0.717, 1.165) is 48.3 Å². The van der Waals surface area contributed by atoms with Gasteiger partial charge in [0.2, 0.25) is 5.91 Å². The van der Waals surface area contributed by atoms with Crippen LogP contribution in [-0.4, -0.2) is 43.1 Å². The highest BCUT2D eigenvalue weighted by molar-refractivity contribution is 7.14. The zero-order valence-electron chi connectivity index (χ0n) is 16.4. The summed E-state index contributed by atoms with van der Waals surface area (Å²) in [4.78, 5) is 20.6. The van der Waals surface area contributed by atoms with Gasteiger partial charge in [0, 0.05) is 31.4 Å². The summed E-state index contributed by atoms with van der Waals surface area (Å²) in [6.07, 6.45) is 2.27. The number of carbonyl (C=O) groups is 1. The number of thiazole rings is 1. The second kappa shape index (κ2) is 8.71. The van der Waals surface area contributed by atoms with E-state index in [1.807, 2.05) is 13.0 Å². The van der Waals surface area contributed by atoms with Crippen LogP contribution in [0.5, 0.6) is 11.5 Å². The monoisotopic (exact) mass is 389 g/mol. The number of methoxy groups -OCH3 is 2. The minimum Gasteiger partial charge on any atom is -0.493 e. The molecule has 1 amide bonds. The lowest BCUT2D eigenvalue weighted by Crippen LogP contribution is -2.28. The Morgan fingerprint density at radius 1 is 1.33 bits per heavy atom. The smallest absolute Gasteiger partial charge is 0.225 e. The summed E-state index contributed by atoms with van der Waals surface area (Å²) in [6.45, 7) is 6.01. The lowest BCUT2D eigenvalue weighted by molar-refractivity contribution is -0.116. The maximum absolute atomic E-state index is 11.7. The first-order valence-corrected chi connectivity index (χ1v) is 10.1. The normalized spacial score (nSPS) is 17.1. The quantitative estimate of drug-likeness (QED) is 0.719. The van der Waals surface area contributed by atoms with Crippen LogP contribution >= 0.6 is 11.3 Å². The molecular weight excluding hydrogens is 362 g/mol. The largest absolute Gasteiger partial charge is 0.493 e. The van der Waals surface area contributed by atoms with Gasteiger partial charge >= 0.3 is 0 Å². The molecule has 3 rings (SSSR count). The molecule has 2 aromatic rings. The van der Waals surface area contributed by atoms with Gasteiger partial charge in [-0.05, 0) is 44.0 Å². The number of hydrogen-bond donors (Lipinski definition) is 0. The summed E-state index contributed by atoms with van der Waals surface area (Å²) in [6, 6.07) is 6.50. The molecule has 0 bridgehead atoms. The molecule has 0 spiro atoms. The molecule has 1 saturated heterocycles. The Balaban J connectivity index is 1.76. The second-order valence-corrected chi connectivity index (χ2v) is 7.46. The number of anilines is 1. The van der Waals surface area contributed by atoms with Gasteiger partial charge in [0.1, 0.15) is 0 Å². The van der Waals surface area contributed by atoms with Crippen molar-refractivity contribution in [3.05, 3.63) is 34.8 Å². The van der Waals surface area contributed by atoms with Crippen LogP contribution in [0.25, 0.3) is 0 Å². The van der Waals surface area contributed by atoms with E-state index in [4.69, 9.17) is 14.5 Å². The Bertz CT molecular complexity index is 793. The molecule has 0 saturated carbocycles. The SMILES string of the molecule is CCN(C(C)=O)c1nc(CN2CCC[C@H]2c2ccc(OC)c(OC)c2)cs1. The van der Waals surface area contributed by atoms with Gasteiger partial charge < -0.3 is 9.47 Å². The number of likely N-dealkylation sites (tertiary alicyclic amines) is 1. The number of benzene rings is 1. The topological polar surface area (TPSA) is 54.9 Å². The van der Waals surface area contributed by atoms with Crippen molar-refractivity contribution in [2.75, 3.05) is 32.2 Å². The Morgan fingerprint density at radius 3 is 2.78 bits per heavy atom. The van der Waals surface area contributed by atoms with Gasteiger partial charge in [-0.15, -0.1) is 11.3 Å². The number of amides is 1. The number of ether oxygens (including phenoxy) is 2. The van der Waals surface area contributed by atoms with E-state index in [9.17, 15) is 4.79 Å². The maximum Gasteiger partial charge on any atom is 0.225 e. The summed E-state index contributed by atoms with van der Waals surface area (Å²) in [5.74, 6) is 1.54. The maximum atomic E-state index is 11.7. The molecule has 1 aromatic carbocycles. The van der Waals surface area contributed by atoms with Crippen molar-refractivity contribution in [1.82, 2.24) is 9.88 Å². The lowest BCUT2D eigenvalue weighted by atomic mass is 10.0. The van der Waals surface area contributed by atoms with Gasteiger partial charge in [-0.3, -0.25) is 14.6 Å². The van der Waals surface area contributed by atoms with E-state index in [-0.39, 0.29) is 5.91 Å². The molecule has 2 heterocycles. The third-order valence-corrected chi connectivity index (χ3v) is 5.90. The molecule has 7 heteroatoms. The molecule has 0 radical (unpaired) electrons. The van der Waals surface area contributed by atoms with Crippen molar-refractivity contribution in [2.45, 2.75) is 39.3 Å². The average Bonchev–Trinajstić information content (AvgIpc) is 3.31. The second-order valence-electron chi connectivity index (χ2n) is 6.63. The zero-order chi connectivity index (χ0) is 19.4. The van der Waals surface area contributed by atoms with Gasteiger partial charge in [-0.25, -0.2) is 4.98 Å². The van der Waals surface area contributed by atoms with Crippen molar-refractivity contribution in [3.8, 4) is 11.5 Å². The van der Waals surface area contributed by atoms with Gasteiger partial charge in [-0.2, -0.15) is 0 Å². The third kappa shape index (κ3) is 4.25. The molecule has 0 unspecified atom stereocenters. The summed E-state index contributed by atoms with van der Waals surface area (Å²) >= 11 is 1.53. The van der Waals surface area contributed by atoms with Crippen LogP contribution in [0.3, 0.4) is 0 Å². The van der Waals surface area contributed by atoms with Crippen LogP contribution in [0, 0.1) is 0 Å². The third-order valence-electron chi connectivity index (χ3n) is 4.99. The van der Waals surface area contributed by atoms with Gasteiger partial charge in [-0.1, -0.05) is 6.07 Å². The highest BCUT2D eigenvalue weighted by Gasteiger charge is 2.27. The zero-order valence-corrected chi connectivity index (χ0v) is 17.2. The number of aromatic nitrogens is 1. The van der Waals surface area contributed by atoms with Crippen LogP contribution < -0.4 is 14.4 Å². The van der Waals surface area contributed by atoms with Crippen LogP contribution in [0.4, 0.5) is 5.13 Å². The van der Waals surface area contributed by atoms with E-state index in [0.29, 0.717) is 12.6 Å². The Kier molecular flexibility index (Phi) is 6.34. The molecular formula is C20H27N3O3S. The summed E-state index contributed by atoms with van der Waals surface area (Å²) < 4.78 is 10.8. The van der Waals surface area contributed by atoms with Gasteiger partial charge in [0.05, 0.1) is 19.9 Å². The standard InChI is InChI=1S/C20H27N3O3S/c1-5-23(14(2)24)20-21-16(13-27-20)12-22-10-6-7-17(22)15-8-9-18(25-3)19(11-15)26-4/h8-9,11,13,17H,5-7,10,12H2,1-4H3/t17-/m0/s1. The van der Waals surface area contributed by atoms with Crippen LogP contribution in [0.15, 0.2) is 23.6 Å². The number of rotatable bonds is 7. The van der Waals surface area contributed by atoms with E-state index in [1.165, 1.54) is 16.9 Å². The first-order chi connectivity index (χ1) is 13.1. The fourth-order valence-corrected chi connectivity index (χ4v) is 4.57. The molecule has 6 nitrogen and oxygen atoms in total. The lowest BCUT2D eigenvalue weighted by Gasteiger charge is -2.24. The predicted octanol–water partition coefficient (Wildman–Crippen LogP) is 3.87. The fourth-order valence-electron chi connectivity index (χ4n) is 3.65. The van der Waals surface area contributed by atoms with Crippen LogP contribution in [0.1, 0.15) is 44.0 Å². The Labute approximate surface area is 164 Å². The first-order valence-electron chi connectivity index (χ1n) is 9.25. The van der Waals surface area contributed by atoms with Crippen molar-refractivity contribution in [3.63, 3.8) is 0 Å². The molecule has 0 aliphatic carbocycles. The van der Waals surface area contributed by atoms with Crippen LogP contribution in [-0.2, 0) is 11.3 Å². The molecule has 1 fully saturated rings. The first kappa shape index (κ1) is 19.6.